The van der Waals surface area contributed by atoms with Crippen LogP contribution in [0.15, 0.2) is 24.3 Å². The first-order chi connectivity index (χ1) is 13.7. The minimum Gasteiger partial charge on any atom is -0.491 e. The molecule has 0 saturated carbocycles. The molecule has 0 atom stereocenters. The lowest BCUT2D eigenvalue weighted by Crippen LogP contribution is -2.34. The van der Waals surface area contributed by atoms with Gasteiger partial charge in [-0.25, -0.2) is 9.18 Å². The molecule has 0 fully saturated rings. The van der Waals surface area contributed by atoms with E-state index >= 15 is 0 Å². The molecule has 0 aliphatic heterocycles. The van der Waals surface area contributed by atoms with E-state index in [-0.39, 0.29) is 19.0 Å². The van der Waals surface area contributed by atoms with Crippen molar-refractivity contribution in [1.29, 1.82) is 0 Å². The van der Waals surface area contributed by atoms with Gasteiger partial charge in [-0.2, -0.15) is 5.10 Å². The summed E-state index contributed by atoms with van der Waals surface area (Å²) in [7, 11) is 0. The van der Waals surface area contributed by atoms with Crippen molar-refractivity contribution < 1.29 is 18.7 Å². The zero-order chi connectivity index (χ0) is 21.4. The van der Waals surface area contributed by atoms with Crippen LogP contribution in [0.4, 0.5) is 15.0 Å². The van der Waals surface area contributed by atoms with Crippen LogP contribution < -0.4 is 15.0 Å². The molecule has 1 amide bonds. The van der Waals surface area contributed by atoms with Crippen molar-refractivity contribution in [3.05, 3.63) is 41.3 Å². The first-order valence-electron chi connectivity index (χ1n) is 9.89. The smallest absolute Gasteiger partial charge is 0.407 e. The number of amides is 1. The minimum absolute atomic E-state index is 0.242. The van der Waals surface area contributed by atoms with Crippen LogP contribution in [0.1, 0.15) is 45.9 Å². The fourth-order valence-corrected chi connectivity index (χ4v) is 2.69. The van der Waals surface area contributed by atoms with Crippen LogP contribution in [-0.4, -0.2) is 41.6 Å². The second kappa shape index (κ2) is 10.1. The van der Waals surface area contributed by atoms with E-state index in [0.29, 0.717) is 24.4 Å². The lowest BCUT2D eigenvalue weighted by Gasteiger charge is -2.22. The lowest BCUT2D eigenvalue weighted by molar-refractivity contribution is 0.0520. The van der Waals surface area contributed by atoms with Gasteiger partial charge in [-0.1, -0.05) is 6.92 Å². The third-order valence-electron chi connectivity index (χ3n) is 4.12. The van der Waals surface area contributed by atoms with Gasteiger partial charge in [0, 0.05) is 30.4 Å². The number of nitrogens with zero attached hydrogens (tertiary/aromatic N) is 2. The number of aromatic nitrogens is 2. The molecule has 0 aliphatic carbocycles. The molecule has 0 radical (unpaired) electrons. The molecule has 0 spiro atoms. The Labute approximate surface area is 171 Å². The van der Waals surface area contributed by atoms with E-state index in [9.17, 15) is 9.18 Å². The Bertz CT molecular complexity index is 801. The summed E-state index contributed by atoms with van der Waals surface area (Å²) in [4.78, 5) is 13.7. The van der Waals surface area contributed by atoms with Gasteiger partial charge < -0.3 is 19.7 Å². The number of rotatable bonds is 9. The van der Waals surface area contributed by atoms with E-state index in [2.05, 4.69) is 22.4 Å². The molecule has 1 heterocycles. The Morgan fingerprint density at radius 3 is 2.66 bits per heavy atom. The van der Waals surface area contributed by atoms with Crippen LogP contribution in [0, 0.1) is 5.82 Å². The van der Waals surface area contributed by atoms with Crippen molar-refractivity contribution in [2.45, 2.75) is 53.2 Å². The molecule has 1 aromatic heterocycles. The fraction of sp³-hybridized carbons (Fsp3) is 0.524. The molecule has 8 heteroatoms. The van der Waals surface area contributed by atoms with E-state index in [1.807, 2.05) is 17.9 Å². The van der Waals surface area contributed by atoms with Gasteiger partial charge in [0.25, 0.3) is 0 Å². The molecule has 160 valence electrons. The van der Waals surface area contributed by atoms with Crippen LogP contribution >= 0.6 is 0 Å². The number of benzene rings is 1. The molecule has 0 unspecified atom stereocenters. The molecule has 0 saturated heterocycles. The summed E-state index contributed by atoms with van der Waals surface area (Å²) < 4.78 is 24.8. The zero-order valence-electron chi connectivity index (χ0n) is 17.8. The standard InChI is InChI=1S/C21H31FN4O3/c1-6-17-13-19(25-24-17)26(7-2)14-15-12-16(22)8-9-18(15)28-11-10-23-20(27)29-21(3,4)5/h8-9,12-13H,6-7,10-11,14H2,1-5H3,(H,23,27)(H,24,25). The first kappa shape index (κ1) is 22.5. The van der Waals surface area contributed by atoms with Crippen LogP contribution in [0.5, 0.6) is 5.75 Å². The highest BCUT2D eigenvalue weighted by molar-refractivity contribution is 5.67. The van der Waals surface area contributed by atoms with Crippen molar-refractivity contribution in [1.82, 2.24) is 15.5 Å². The molecule has 2 rings (SSSR count). The van der Waals surface area contributed by atoms with E-state index < -0.39 is 11.7 Å². The number of halogens is 1. The molecule has 29 heavy (non-hydrogen) atoms. The van der Waals surface area contributed by atoms with Crippen LogP contribution in [0.2, 0.25) is 0 Å². The normalized spacial score (nSPS) is 11.2. The van der Waals surface area contributed by atoms with Crippen LogP contribution in [0.3, 0.4) is 0 Å². The molecule has 0 aliphatic rings. The van der Waals surface area contributed by atoms with Gasteiger partial charge in [-0.15, -0.1) is 0 Å². The predicted octanol–water partition coefficient (Wildman–Crippen LogP) is 4.04. The number of carbonyl (C=O) groups is 1. The minimum atomic E-state index is -0.553. The molecule has 2 aromatic rings. The fourth-order valence-electron chi connectivity index (χ4n) is 2.69. The number of aryl methyl sites for hydroxylation is 1. The largest absolute Gasteiger partial charge is 0.491 e. The summed E-state index contributed by atoms with van der Waals surface area (Å²) in [6.45, 7) is 11.2. The number of nitrogens with one attached hydrogen (secondary N) is 2. The average molecular weight is 407 g/mol. The van der Waals surface area contributed by atoms with E-state index in [4.69, 9.17) is 9.47 Å². The first-order valence-corrected chi connectivity index (χ1v) is 9.89. The zero-order valence-corrected chi connectivity index (χ0v) is 17.8. The summed E-state index contributed by atoms with van der Waals surface area (Å²) >= 11 is 0. The maximum absolute atomic E-state index is 13.8. The number of alkyl carbamates (subject to hydrolysis) is 1. The Kier molecular flexibility index (Phi) is 7.87. The maximum Gasteiger partial charge on any atom is 0.407 e. The van der Waals surface area contributed by atoms with Gasteiger partial charge in [0.15, 0.2) is 5.82 Å². The number of hydrogen-bond acceptors (Lipinski definition) is 5. The number of anilines is 1. The topological polar surface area (TPSA) is 79.5 Å². The summed E-state index contributed by atoms with van der Waals surface area (Å²) in [5.74, 6) is 1.06. The molecule has 7 nitrogen and oxygen atoms in total. The molecule has 1 aromatic carbocycles. The monoisotopic (exact) mass is 406 g/mol. The van der Waals surface area contributed by atoms with Crippen molar-refractivity contribution in [3.8, 4) is 5.75 Å². The van der Waals surface area contributed by atoms with Crippen molar-refractivity contribution >= 4 is 11.9 Å². The number of carbonyl (C=O) groups excluding carboxylic acids is 1. The van der Waals surface area contributed by atoms with Crippen molar-refractivity contribution in [3.63, 3.8) is 0 Å². The maximum atomic E-state index is 13.8. The third-order valence-corrected chi connectivity index (χ3v) is 4.12. The van der Waals surface area contributed by atoms with Gasteiger partial charge >= 0.3 is 6.09 Å². The highest BCUT2D eigenvalue weighted by atomic mass is 19.1. The number of ether oxygens (including phenoxy) is 2. The molecular formula is C21H31FN4O3. The van der Waals surface area contributed by atoms with E-state index in [1.54, 1.807) is 26.8 Å². The lowest BCUT2D eigenvalue weighted by atomic mass is 10.1. The Morgan fingerprint density at radius 2 is 2.03 bits per heavy atom. The average Bonchev–Trinajstić information content (AvgIpc) is 3.12. The van der Waals surface area contributed by atoms with Gasteiger partial charge in [0.05, 0.1) is 6.54 Å². The summed E-state index contributed by atoms with van der Waals surface area (Å²) in [6.07, 6.45) is 0.367. The van der Waals surface area contributed by atoms with E-state index in [1.165, 1.54) is 12.1 Å². The van der Waals surface area contributed by atoms with Crippen LogP contribution in [-0.2, 0) is 17.7 Å². The van der Waals surface area contributed by atoms with Crippen molar-refractivity contribution in [2.75, 3.05) is 24.6 Å². The summed E-state index contributed by atoms with van der Waals surface area (Å²) in [6, 6.07) is 6.43. The highest BCUT2D eigenvalue weighted by Crippen LogP contribution is 2.24. The third kappa shape index (κ3) is 7.29. The molecule has 2 N–H and O–H groups in total. The van der Waals surface area contributed by atoms with Gasteiger partial charge in [0.2, 0.25) is 0 Å². The Morgan fingerprint density at radius 1 is 1.28 bits per heavy atom. The quantitative estimate of drug-likeness (QED) is 0.615. The molecule has 0 bridgehead atoms. The van der Waals surface area contributed by atoms with Gasteiger partial charge in [0.1, 0.15) is 23.8 Å². The Balaban J connectivity index is 1.98. The second-order valence-corrected chi connectivity index (χ2v) is 7.65. The molecular weight excluding hydrogens is 375 g/mol. The van der Waals surface area contributed by atoms with E-state index in [0.717, 1.165) is 17.9 Å². The second-order valence-electron chi connectivity index (χ2n) is 7.65. The number of hydrogen-bond donors (Lipinski definition) is 2. The van der Waals surface area contributed by atoms with Gasteiger partial charge in [-0.05, 0) is 52.3 Å². The van der Waals surface area contributed by atoms with Crippen LogP contribution in [0.25, 0.3) is 0 Å². The van der Waals surface area contributed by atoms with Gasteiger partial charge in [-0.3, -0.25) is 5.10 Å². The Hall–Kier alpha value is -2.77. The number of H-pyrrole nitrogens is 1. The number of aromatic amines is 1. The summed E-state index contributed by atoms with van der Waals surface area (Å²) in [5, 5.41) is 9.98. The summed E-state index contributed by atoms with van der Waals surface area (Å²) in [5.41, 5.74) is 1.20. The predicted molar refractivity (Wildman–Crippen MR) is 111 cm³/mol. The highest BCUT2D eigenvalue weighted by Gasteiger charge is 2.16. The van der Waals surface area contributed by atoms with Crippen molar-refractivity contribution in [2.24, 2.45) is 0 Å². The SMILES string of the molecule is CCc1cc(N(CC)Cc2cc(F)ccc2OCCNC(=O)OC(C)(C)C)n[nH]1.